The van der Waals surface area contributed by atoms with Gasteiger partial charge in [-0.3, -0.25) is 4.98 Å². The lowest BCUT2D eigenvalue weighted by Gasteiger charge is -2.04. The van der Waals surface area contributed by atoms with E-state index in [0.717, 1.165) is 29.3 Å². The number of nitrogens with two attached hydrogens (primary N) is 1. The molecule has 4 nitrogen and oxygen atoms in total. The minimum Gasteiger partial charge on any atom is -0.330 e. The van der Waals surface area contributed by atoms with Crippen molar-refractivity contribution in [2.75, 3.05) is 6.54 Å². The van der Waals surface area contributed by atoms with Crippen molar-refractivity contribution in [3.8, 4) is 11.4 Å². The Labute approximate surface area is 94.6 Å². The molecule has 2 aromatic heterocycles. The molecule has 0 radical (unpaired) electrons. The second-order valence-corrected chi connectivity index (χ2v) is 3.55. The average molecular weight is 214 g/mol. The molecule has 2 N–H and O–H groups in total. The second-order valence-electron chi connectivity index (χ2n) is 3.55. The van der Waals surface area contributed by atoms with E-state index in [2.05, 4.69) is 15.0 Å². The van der Waals surface area contributed by atoms with Gasteiger partial charge in [0.25, 0.3) is 0 Å². The molecule has 82 valence electrons. The van der Waals surface area contributed by atoms with Crippen LogP contribution in [-0.4, -0.2) is 21.5 Å². The van der Waals surface area contributed by atoms with Crippen molar-refractivity contribution in [1.82, 2.24) is 15.0 Å². The fourth-order valence-electron chi connectivity index (χ4n) is 1.55. The Bertz CT molecular complexity index is 468. The van der Waals surface area contributed by atoms with Gasteiger partial charge in [0.2, 0.25) is 0 Å². The van der Waals surface area contributed by atoms with E-state index in [1.807, 2.05) is 31.2 Å². The molecule has 4 heteroatoms. The van der Waals surface area contributed by atoms with Gasteiger partial charge < -0.3 is 5.73 Å². The standard InChI is InChI=1S/C12H14N4/c1-9-15-10(5-6-13)8-12(16-9)11-4-2-3-7-14-11/h2-4,7-8H,5-6,13H2,1H3. The van der Waals surface area contributed by atoms with Crippen LogP contribution in [0.2, 0.25) is 0 Å². The second kappa shape index (κ2) is 4.81. The van der Waals surface area contributed by atoms with Crippen LogP contribution < -0.4 is 5.73 Å². The van der Waals surface area contributed by atoms with Crippen LogP contribution in [-0.2, 0) is 6.42 Å². The minimum atomic E-state index is 0.595. The minimum absolute atomic E-state index is 0.595. The van der Waals surface area contributed by atoms with E-state index in [-0.39, 0.29) is 0 Å². The number of pyridine rings is 1. The van der Waals surface area contributed by atoms with Gasteiger partial charge in [0, 0.05) is 18.3 Å². The van der Waals surface area contributed by atoms with Gasteiger partial charge in [0.05, 0.1) is 11.4 Å². The zero-order valence-corrected chi connectivity index (χ0v) is 9.22. The molecule has 0 amide bonds. The van der Waals surface area contributed by atoms with E-state index in [4.69, 9.17) is 5.73 Å². The summed E-state index contributed by atoms with van der Waals surface area (Å²) in [7, 11) is 0. The van der Waals surface area contributed by atoms with Gasteiger partial charge in [0.1, 0.15) is 5.82 Å². The van der Waals surface area contributed by atoms with Gasteiger partial charge in [-0.05, 0) is 31.7 Å². The van der Waals surface area contributed by atoms with Crippen LogP contribution in [0.25, 0.3) is 11.4 Å². The largest absolute Gasteiger partial charge is 0.330 e. The van der Waals surface area contributed by atoms with E-state index in [0.29, 0.717) is 6.54 Å². The smallest absolute Gasteiger partial charge is 0.126 e. The van der Waals surface area contributed by atoms with Crippen molar-refractivity contribution in [3.63, 3.8) is 0 Å². The highest BCUT2D eigenvalue weighted by Gasteiger charge is 2.04. The molecule has 0 atom stereocenters. The summed E-state index contributed by atoms with van der Waals surface area (Å²) in [4.78, 5) is 13.0. The lowest BCUT2D eigenvalue weighted by molar-refractivity contribution is 0.889. The SMILES string of the molecule is Cc1nc(CCN)cc(-c2ccccn2)n1. The Morgan fingerprint density at radius 1 is 1.19 bits per heavy atom. The van der Waals surface area contributed by atoms with Crippen molar-refractivity contribution < 1.29 is 0 Å². The summed E-state index contributed by atoms with van der Waals surface area (Å²) in [5, 5.41) is 0. The van der Waals surface area contributed by atoms with E-state index >= 15 is 0 Å². The third-order valence-corrected chi connectivity index (χ3v) is 2.22. The van der Waals surface area contributed by atoms with Crippen molar-refractivity contribution in [2.45, 2.75) is 13.3 Å². The predicted octanol–water partition coefficient (Wildman–Crippen LogP) is 1.35. The molecular weight excluding hydrogens is 200 g/mol. The van der Waals surface area contributed by atoms with Gasteiger partial charge >= 0.3 is 0 Å². The molecule has 0 aliphatic rings. The molecule has 0 aromatic carbocycles. The van der Waals surface area contributed by atoms with Crippen LogP contribution in [0.5, 0.6) is 0 Å². The first-order valence-electron chi connectivity index (χ1n) is 5.25. The monoisotopic (exact) mass is 214 g/mol. The topological polar surface area (TPSA) is 64.7 Å². The number of hydrogen-bond acceptors (Lipinski definition) is 4. The molecule has 0 spiro atoms. The van der Waals surface area contributed by atoms with Gasteiger partial charge in [-0.1, -0.05) is 6.07 Å². The van der Waals surface area contributed by atoms with Gasteiger partial charge in [0.15, 0.2) is 0 Å². The van der Waals surface area contributed by atoms with Crippen molar-refractivity contribution in [2.24, 2.45) is 5.73 Å². The Kier molecular flexibility index (Phi) is 3.22. The summed E-state index contributed by atoms with van der Waals surface area (Å²) in [6.07, 6.45) is 2.53. The maximum Gasteiger partial charge on any atom is 0.126 e. The highest BCUT2D eigenvalue weighted by atomic mass is 14.9. The maximum atomic E-state index is 5.52. The Balaban J connectivity index is 2.41. The maximum absolute atomic E-state index is 5.52. The third-order valence-electron chi connectivity index (χ3n) is 2.22. The number of nitrogens with zero attached hydrogens (tertiary/aromatic N) is 3. The number of rotatable bonds is 3. The van der Waals surface area contributed by atoms with Crippen LogP contribution in [0, 0.1) is 6.92 Å². The first-order chi connectivity index (χ1) is 7.79. The summed E-state index contributed by atoms with van der Waals surface area (Å²) in [5.41, 5.74) is 8.22. The number of aryl methyl sites for hydroxylation is 1. The average Bonchev–Trinajstić information content (AvgIpc) is 2.30. The molecule has 2 heterocycles. The molecule has 2 aromatic rings. The zero-order chi connectivity index (χ0) is 11.4. The highest BCUT2D eigenvalue weighted by Crippen LogP contribution is 2.14. The van der Waals surface area contributed by atoms with Crippen molar-refractivity contribution >= 4 is 0 Å². The van der Waals surface area contributed by atoms with Gasteiger partial charge in [-0.25, -0.2) is 9.97 Å². The van der Waals surface area contributed by atoms with Gasteiger partial charge in [-0.15, -0.1) is 0 Å². The molecule has 0 saturated heterocycles. The Morgan fingerprint density at radius 2 is 2.06 bits per heavy atom. The lowest BCUT2D eigenvalue weighted by atomic mass is 10.2. The van der Waals surface area contributed by atoms with E-state index in [9.17, 15) is 0 Å². The van der Waals surface area contributed by atoms with Crippen molar-refractivity contribution in [1.29, 1.82) is 0 Å². The van der Waals surface area contributed by atoms with E-state index in [1.54, 1.807) is 6.20 Å². The quantitative estimate of drug-likeness (QED) is 0.837. The molecule has 0 fully saturated rings. The first-order valence-corrected chi connectivity index (χ1v) is 5.25. The molecule has 0 unspecified atom stereocenters. The van der Waals surface area contributed by atoms with E-state index in [1.165, 1.54) is 0 Å². The number of hydrogen-bond donors (Lipinski definition) is 1. The van der Waals surface area contributed by atoms with Crippen LogP contribution >= 0.6 is 0 Å². The van der Waals surface area contributed by atoms with Crippen LogP contribution in [0.4, 0.5) is 0 Å². The summed E-state index contributed by atoms with van der Waals surface area (Å²) in [6, 6.07) is 7.72. The molecule has 0 aliphatic carbocycles. The fraction of sp³-hybridized carbons (Fsp3) is 0.250. The van der Waals surface area contributed by atoms with Crippen LogP contribution in [0.15, 0.2) is 30.5 Å². The molecule has 0 saturated carbocycles. The predicted molar refractivity (Wildman–Crippen MR) is 62.8 cm³/mol. The molecule has 0 bridgehead atoms. The highest BCUT2D eigenvalue weighted by molar-refractivity contribution is 5.53. The summed E-state index contributed by atoms with van der Waals surface area (Å²) in [5.74, 6) is 0.756. The Hall–Kier alpha value is -1.81. The molecular formula is C12H14N4. The summed E-state index contributed by atoms with van der Waals surface area (Å²) >= 11 is 0. The lowest BCUT2D eigenvalue weighted by Crippen LogP contribution is -2.06. The van der Waals surface area contributed by atoms with Gasteiger partial charge in [-0.2, -0.15) is 0 Å². The molecule has 0 aliphatic heterocycles. The normalized spacial score (nSPS) is 10.4. The fourth-order valence-corrected chi connectivity index (χ4v) is 1.55. The first kappa shape index (κ1) is 10.7. The zero-order valence-electron chi connectivity index (χ0n) is 9.22. The summed E-state index contributed by atoms with van der Waals surface area (Å²) in [6.45, 7) is 2.48. The Morgan fingerprint density at radius 3 is 2.75 bits per heavy atom. The summed E-state index contributed by atoms with van der Waals surface area (Å²) < 4.78 is 0. The van der Waals surface area contributed by atoms with Crippen molar-refractivity contribution in [3.05, 3.63) is 42.0 Å². The van der Waals surface area contributed by atoms with Crippen LogP contribution in [0.3, 0.4) is 0 Å². The number of aromatic nitrogens is 3. The van der Waals surface area contributed by atoms with Crippen LogP contribution in [0.1, 0.15) is 11.5 Å². The van der Waals surface area contributed by atoms with E-state index < -0.39 is 0 Å². The molecule has 16 heavy (non-hydrogen) atoms. The molecule has 2 rings (SSSR count). The third kappa shape index (κ3) is 2.41.